The maximum Gasteiger partial charge on any atom is 0.234 e. The SMILES string of the molecule is CC(C)c1nnc2sc(CCC(=O)NCCc3c[nH]c4ccccc34)nn12. The minimum absolute atomic E-state index is 0.0462. The molecule has 4 aromatic rings. The van der Waals surface area contributed by atoms with E-state index in [2.05, 4.69) is 51.6 Å². The van der Waals surface area contributed by atoms with Crippen molar-refractivity contribution < 1.29 is 4.79 Å². The third kappa shape index (κ3) is 3.71. The van der Waals surface area contributed by atoms with E-state index >= 15 is 0 Å². The van der Waals surface area contributed by atoms with Crippen LogP contribution in [-0.4, -0.2) is 37.2 Å². The molecule has 0 fully saturated rings. The summed E-state index contributed by atoms with van der Waals surface area (Å²) < 4.78 is 1.79. The molecule has 1 amide bonds. The van der Waals surface area contributed by atoms with Crippen LogP contribution in [-0.2, 0) is 17.6 Å². The van der Waals surface area contributed by atoms with Gasteiger partial charge in [-0.05, 0) is 18.1 Å². The minimum Gasteiger partial charge on any atom is -0.361 e. The Bertz CT molecular complexity index is 1080. The highest BCUT2D eigenvalue weighted by Gasteiger charge is 2.14. The minimum atomic E-state index is 0.0462. The highest BCUT2D eigenvalue weighted by Crippen LogP contribution is 2.20. The average molecular weight is 382 g/mol. The molecular weight excluding hydrogens is 360 g/mol. The van der Waals surface area contributed by atoms with E-state index in [0.29, 0.717) is 19.4 Å². The van der Waals surface area contributed by atoms with Crippen molar-refractivity contribution in [2.24, 2.45) is 0 Å². The average Bonchev–Trinajstić information content (AvgIpc) is 3.33. The van der Waals surface area contributed by atoms with E-state index in [1.54, 1.807) is 4.52 Å². The smallest absolute Gasteiger partial charge is 0.234 e. The molecule has 0 aliphatic rings. The van der Waals surface area contributed by atoms with Gasteiger partial charge in [0.15, 0.2) is 5.82 Å². The van der Waals surface area contributed by atoms with E-state index in [4.69, 9.17) is 0 Å². The molecule has 0 aliphatic carbocycles. The molecule has 2 N–H and O–H groups in total. The highest BCUT2D eigenvalue weighted by molar-refractivity contribution is 7.16. The standard InChI is InChI=1S/C19H22N6OS/c1-12(2)18-22-23-19-25(18)24-17(27-19)8-7-16(26)20-10-9-13-11-21-15-6-4-3-5-14(13)15/h3-6,11-12,21H,7-10H2,1-2H3,(H,20,26). The van der Waals surface area contributed by atoms with Crippen LogP contribution in [0.2, 0.25) is 0 Å². The number of hydrogen-bond donors (Lipinski definition) is 2. The third-order valence-electron chi connectivity index (χ3n) is 4.53. The molecule has 0 radical (unpaired) electrons. The number of nitrogens with one attached hydrogen (secondary N) is 2. The number of fused-ring (bicyclic) bond motifs is 2. The summed E-state index contributed by atoms with van der Waals surface area (Å²) in [5.41, 5.74) is 2.35. The van der Waals surface area contributed by atoms with Gasteiger partial charge in [-0.1, -0.05) is 43.4 Å². The Balaban J connectivity index is 1.28. The first-order chi connectivity index (χ1) is 13.1. The second-order valence-electron chi connectivity index (χ2n) is 6.86. The lowest BCUT2D eigenvalue weighted by Crippen LogP contribution is -2.25. The molecule has 0 atom stereocenters. The molecule has 0 bridgehead atoms. The number of H-pyrrole nitrogens is 1. The Morgan fingerprint density at radius 2 is 2.11 bits per heavy atom. The van der Waals surface area contributed by atoms with Gasteiger partial charge < -0.3 is 10.3 Å². The Kier molecular flexibility index (Phi) is 4.89. The molecular formula is C19H22N6OS. The highest BCUT2D eigenvalue weighted by atomic mass is 32.1. The number of aromatic nitrogens is 5. The van der Waals surface area contributed by atoms with Gasteiger partial charge in [0.25, 0.3) is 0 Å². The molecule has 1 aromatic carbocycles. The number of aromatic amines is 1. The van der Waals surface area contributed by atoms with E-state index in [9.17, 15) is 4.79 Å². The van der Waals surface area contributed by atoms with Crippen molar-refractivity contribution in [3.63, 3.8) is 0 Å². The van der Waals surface area contributed by atoms with Crippen molar-refractivity contribution in [1.82, 2.24) is 30.1 Å². The van der Waals surface area contributed by atoms with E-state index in [-0.39, 0.29) is 11.8 Å². The van der Waals surface area contributed by atoms with Crippen molar-refractivity contribution >= 4 is 33.1 Å². The molecule has 4 rings (SSSR count). The zero-order valence-electron chi connectivity index (χ0n) is 15.4. The summed E-state index contributed by atoms with van der Waals surface area (Å²) in [5.74, 6) is 1.17. The van der Waals surface area contributed by atoms with Crippen LogP contribution in [0.1, 0.15) is 42.6 Å². The van der Waals surface area contributed by atoms with Crippen LogP contribution < -0.4 is 5.32 Å². The predicted octanol–water partition coefficient (Wildman–Crippen LogP) is 3.08. The number of hydrogen-bond acceptors (Lipinski definition) is 5. The van der Waals surface area contributed by atoms with Gasteiger partial charge in [-0.15, -0.1) is 10.2 Å². The van der Waals surface area contributed by atoms with Crippen molar-refractivity contribution in [2.75, 3.05) is 6.54 Å². The summed E-state index contributed by atoms with van der Waals surface area (Å²) in [7, 11) is 0. The predicted molar refractivity (Wildman–Crippen MR) is 106 cm³/mol. The van der Waals surface area contributed by atoms with Crippen molar-refractivity contribution in [2.45, 2.75) is 39.0 Å². The molecule has 7 nitrogen and oxygen atoms in total. The van der Waals surface area contributed by atoms with Gasteiger partial charge in [0.05, 0.1) is 0 Å². The van der Waals surface area contributed by atoms with Crippen LogP contribution in [0.5, 0.6) is 0 Å². The van der Waals surface area contributed by atoms with Gasteiger partial charge >= 0.3 is 0 Å². The van der Waals surface area contributed by atoms with Gasteiger partial charge in [0.2, 0.25) is 10.9 Å². The number of carbonyl (C=O) groups excluding carboxylic acids is 1. The van der Waals surface area contributed by atoms with Gasteiger partial charge in [0, 0.05) is 42.4 Å². The largest absolute Gasteiger partial charge is 0.361 e. The van der Waals surface area contributed by atoms with Crippen LogP contribution in [0, 0.1) is 0 Å². The number of benzene rings is 1. The van der Waals surface area contributed by atoms with Crippen LogP contribution in [0.3, 0.4) is 0 Å². The molecule has 0 unspecified atom stereocenters. The maximum atomic E-state index is 12.2. The summed E-state index contributed by atoms with van der Waals surface area (Å²) in [6.45, 7) is 4.76. The number of carbonyl (C=O) groups is 1. The van der Waals surface area contributed by atoms with Crippen LogP contribution in [0.25, 0.3) is 15.9 Å². The Morgan fingerprint density at radius 1 is 1.26 bits per heavy atom. The zero-order valence-corrected chi connectivity index (χ0v) is 16.2. The first-order valence-electron chi connectivity index (χ1n) is 9.14. The fourth-order valence-electron chi connectivity index (χ4n) is 3.12. The van der Waals surface area contributed by atoms with Gasteiger partial charge in [-0.25, -0.2) is 0 Å². The lowest BCUT2D eigenvalue weighted by atomic mass is 10.1. The molecule has 3 heterocycles. The summed E-state index contributed by atoms with van der Waals surface area (Å²) in [4.78, 5) is 16.2. The topological polar surface area (TPSA) is 88.0 Å². The Hall–Kier alpha value is -2.74. The number of aryl methyl sites for hydroxylation is 1. The quantitative estimate of drug-likeness (QED) is 0.514. The molecule has 0 saturated carbocycles. The van der Waals surface area contributed by atoms with E-state index < -0.39 is 0 Å². The summed E-state index contributed by atoms with van der Waals surface area (Å²) >= 11 is 1.49. The summed E-state index contributed by atoms with van der Waals surface area (Å²) in [6.07, 6.45) is 3.87. The second kappa shape index (κ2) is 7.48. The van der Waals surface area contributed by atoms with Gasteiger partial charge in [-0.2, -0.15) is 9.61 Å². The monoisotopic (exact) mass is 382 g/mol. The second-order valence-corrected chi connectivity index (χ2v) is 7.90. The first kappa shape index (κ1) is 17.7. The summed E-state index contributed by atoms with van der Waals surface area (Å²) in [6, 6.07) is 8.20. The van der Waals surface area contributed by atoms with Crippen molar-refractivity contribution in [3.8, 4) is 0 Å². The number of rotatable bonds is 7. The first-order valence-corrected chi connectivity index (χ1v) is 9.96. The fourth-order valence-corrected chi connectivity index (χ4v) is 3.96. The molecule has 0 aliphatic heterocycles. The Labute approximate surface area is 160 Å². The number of nitrogens with zero attached hydrogens (tertiary/aromatic N) is 4. The zero-order chi connectivity index (χ0) is 18.8. The van der Waals surface area contributed by atoms with Crippen LogP contribution in [0.15, 0.2) is 30.5 Å². The van der Waals surface area contributed by atoms with Gasteiger partial charge in [-0.3, -0.25) is 4.79 Å². The normalized spacial score (nSPS) is 11.7. The molecule has 8 heteroatoms. The maximum absolute atomic E-state index is 12.2. The molecule has 140 valence electrons. The van der Waals surface area contributed by atoms with Crippen LogP contribution >= 0.6 is 11.3 Å². The number of para-hydroxylation sites is 1. The molecule has 3 aromatic heterocycles. The van der Waals surface area contributed by atoms with E-state index in [1.807, 2.05) is 18.3 Å². The Morgan fingerprint density at radius 3 is 2.96 bits per heavy atom. The van der Waals surface area contributed by atoms with E-state index in [0.717, 1.165) is 27.7 Å². The fraction of sp³-hybridized carbons (Fsp3) is 0.368. The molecule has 0 spiro atoms. The summed E-state index contributed by atoms with van der Waals surface area (Å²) in [5, 5.41) is 18.0. The lowest BCUT2D eigenvalue weighted by Gasteiger charge is -2.04. The molecule has 27 heavy (non-hydrogen) atoms. The van der Waals surface area contributed by atoms with E-state index in [1.165, 1.54) is 22.3 Å². The third-order valence-corrected chi connectivity index (χ3v) is 5.49. The van der Waals surface area contributed by atoms with Crippen molar-refractivity contribution in [1.29, 1.82) is 0 Å². The molecule has 0 saturated heterocycles. The number of amides is 1. The van der Waals surface area contributed by atoms with Crippen molar-refractivity contribution in [3.05, 3.63) is 46.9 Å². The van der Waals surface area contributed by atoms with Gasteiger partial charge in [0.1, 0.15) is 5.01 Å². The van der Waals surface area contributed by atoms with Crippen LogP contribution in [0.4, 0.5) is 0 Å². The lowest BCUT2D eigenvalue weighted by molar-refractivity contribution is -0.121.